The summed E-state index contributed by atoms with van der Waals surface area (Å²) < 4.78 is 0.859. The fourth-order valence-electron chi connectivity index (χ4n) is 2.46. The van der Waals surface area contributed by atoms with Crippen LogP contribution < -0.4 is 5.32 Å². The summed E-state index contributed by atoms with van der Waals surface area (Å²) in [7, 11) is 3.41. The van der Waals surface area contributed by atoms with Crippen molar-refractivity contribution in [3.05, 3.63) is 65.0 Å². The number of anilines is 1. The Labute approximate surface area is 172 Å². The van der Waals surface area contributed by atoms with Crippen LogP contribution in [0, 0.1) is 6.92 Å². The van der Waals surface area contributed by atoms with Crippen molar-refractivity contribution < 1.29 is 9.59 Å². The molecule has 28 heavy (non-hydrogen) atoms. The second-order valence-corrected chi connectivity index (χ2v) is 8.56. The van der Waals surface area contributed by atoms with Gasteiger partial charge >= 0.3 is 0 Å². The molecule has 0 bridgehead atoms. The van der Waals surface area contributed by atoms with E-state index in [0.717, 1.165) is 15.6 Å². The van der Waals surface area contributed by atoms with E-state index < -0.39 is 0 Å². The molecule has 7 heteroatoms. The molecule has 144 valence electrons. The molecule has 0 unspecified atom stereocenters. The van der Waals surface area contributed by atoms with Crippen LogP contribution in [-0.2, 0) is 4.79 Å². The average molecular weight is 412 g/mol. The number of amides is 2. The van der Waals surface area contributed by atoms with E-state index in [2.05, 4.69) is 41.5 Å². The molecule has 0 saturated heterocycles. The predicted molar refractivity (Wildman–Crippen MR) is 116 cm³/mol. The number of thioether (sulfide) groups is 1. The Morgan fingerprint density at radius 1 is 1.07 bits per heavy atom. The lowest BCUT2D eigenvalue weighted by Gasteiger charge is -2.10. The van der Waals surface area contributed by atoms with Crippen LogP contribution >= 0.6 is 23.1 Å². The molecule has 0 aliphatic rings. The van der Waals surface area contributed by atoms with Gasteiger partial charge in [-0.2, -0.15) is 0 Å². The molecule has 0 atom stereocenters. The minimum absolute atomic E-state index is 0.0680. The summed E-state index contributed by atoms with van der Waals surface area (Å²) in [5.74, 6) is 0.101. The molecule has 1 aromatic heterocycles. The first-order chi connectivity index (χ1) is 13.4. The summed E-state index contributed by atoms with van der Waals surface area (Å²) in [5.41, 5.74) is 4.47. The summed E-state index contributed by atoms with van der Waals surface area (Å²) in [4.78, 5) is 30.2. The fraction of sp³-hybridized carbons (Fsp3) is 0.190. The third-order valence-electron chi connectivity index (χ3n) is 3.98. The highest BCUT2D eigenvalue weighted by Crippen LogP contribution is 2.28. The molecular weight excluding hydrogens is 390 g/mol. The van der Waals surface area contributed by atoms with Gasteiger partial charge < -0.3 is 10.2 Å². The monoisotopic (exact) mass is 411 g/mol. The topological polar surface area (TPSA) is 62.3 Å². The zero-order valence-electron chi connectivity index (χ0n) is 15.9. The molecule has 5 nitrogen and oxygen atoms in total. The number of nitrogens with one attached hydrogen (secondary N) is 1. The van der Waals surface area contributed by atoms with Gasteiger partial charge in [0, 0.05) is 36.3 Å². The molecule has 0 fully saturated rings. The first-order valence-corrected chi connectivity index (χ1v) is 10.6. The highest BCUT2D eigenvalue weighted by atomic mass is 32.2. The van der Waals surface area contributed by atoms with Crippen molar-refractivity contribution in [2.45, 2.75) is 11.3 Å². The molecule has 2 aromatic carbocycles. The fourth-order valence-corrected chi connectivity index (χ4v) is 4.09. The van der Waals surface area contributed by atoms with Crippen molar-refractivity contribution in [3.8, 4) is 11.3 Å². The molecule has 2 amide bonds. The first kappa shape index (κ1) is 20.1. The minimum Gasteiger partial charge on any atom is -0.345 e. The van der Waals surface area contributed by atoms with Crippen molar-refractivity contribution in [2.75, 3.05) is 25.2 Å². The normalized spacial score (nSPS) is 10.5. The average Bonchev–Trinajstić information content (AvgIpc) is 3.16. The summed E-state index contributed by atoms with van der Waals surface area (Å²) in [6.45, 7) is 2.05. The largest absolute Gasteiger partial charge is 0.345 e. The van der Waals surface area contributed by atoms with Gasteiger partial charge in [-0.3, -0.25) is 9.59 Å². The molecule has 1 heterocycles. The number of carbonyl (C=O) groups is 2. The molecule has 0 spiro atoms. The van der Waals surface area contributed by atoms with Crippen molar-refractivity contribution in [2.24, 2.45) is 0 Å². The molecule has 0 saturated carbocycles. The van der Waals surface area contributed by atoms with Gasteiger partial charge in [0.15, 0.2) is 4.34 Å². The maximum atomic E-state index is 12.2. The molecule has 3 rings (SSSR count). The van der Waals surface area contributed by atoms with Gasteiger partial charge in [-0.05, 0) is 31.2 Å². The Balaban J connectivity index is 1.53. The zero-order chi connectivity index (χ0) is 20.1. The van der Waals surface area contributed by atoms with Crippen LogP contribution in [-0.4, -0.2) is 41.5 Å². The Kier molecular flexibility index (Phi) is 6.49. The van der Waals surface area contributed by atoms with Gasteiger partial charge in [-0.1, -0.05) is 41.6 Å². The first-order valence-electron chi connectivity index (χ1n) is 8.69. The van der Waals surface area contributed by atoms with E-state index in [1.807, 2.05) is 5.38 Å². The molecule has 1 N–H and O–H groups in total. The number of nitrogens with zero attached hydrogens (tertiary/aromatic N) is 2. The van der Waals surface area contributed by atoms with E-state index in [9.17, 15) is 9.59 Å². The smallest absolute Gasteiger partial charge is 0.253 e. The lowest BCUT2D eigenvalue weighted by Crippen LogP contribution is -2.21. The number of hydrogen-bond donors (Lipinski definition) is 1. The van der Waals surface area contributed by atoms with E-state index in [-0.39, 0.29) is 17.6 Å². The summed E-state index contributed by atoms with van der Waals surface area (Å²) >= 11 is 2.95. The van der Waals surface area contributed by atoms with Gasteiger partial charge in [0.25, 0.3) is 5.91 Å². The van der Waals surface area contributed by atoms with E-state index in [0.29, 0.717) is 11.3 Å². The van der Waals surface area contributed by atoms with Gasteiger partial charge in [-0.25, -0.2) is 4.98 Å². The van der Waals surface area contributed by atoms with Crippen molar-refractivity contribution >= 4 is 40.6 Å². The van der Waals surface area contributed by atoms with Gasteiger partial charge in [0.2, 0.25) is 5.91 Å². The standard InChI is InChI=1S/C21H21N3O2S2/c1-14-4-6-15(7-5-14)18-12-27-21(23-18)28-13-19(25)22-17-10-8-16(9-11-17)20(26)24(2)3/h4-12H,13H2,1-3H3,(H,22,25). The third kappa shape index (κ3) is 5.21. The second-order valence-electron chi connectivity index (χ2n) is 6.48. The van der Waals surface area contributed by atoms with Crippen LogP contribution in [0.4, 0.5) is 5.69 Å². The van der Waals surface area contributed by atoms with Crippen LogP contribution in [0.3, 0.4) is 0 Å². The van der Waals surface area contributed by atoms with E-state index in [4.69, 9.17) is 0 Å². The number of benzene rings is 2. The quantitative estimate of drug-likeness (QED) is 0.605. The SMILES string of the molecule is Cc1ccc(-c2csc(SCC(=O)Nc3ccc(C(=O)N(C)C)cc3)n2)cc1. The highest BCUT2D eigenvalue weighted by Gasteiger charge is 2.10. The maximum absolute atomic E-state index is 12.2. The highest BCUT2D eigenvalue weighted by molar-refractivity contribution is 8.01. The van der Waals surface area contributed by atoms with Gasteiger partial charge in [-0.15, -0.1) is 11.3 Å². The number of thiazole rings is 1. The summed E-state index contributed by atoms with van der Waals surface area (Å²) in [6.07, 6.45) is 0. The number of aryl methyl sites for hydroxylation is 1. The predicted octanol–water partition coefficient (Wildman–Crippen LogP) is 4.55. The van der Waals surface area contributed by atoms with Crippen LogP contribution in [0.1, 0.15) is 15.9 Å². The van der Waals surface area contributed by atoms with Crippen LogP contribution in [0.2, 0.25) is 0 Å². The lowest BCUT2D eigenvalue weighted by molar-refractivity contribution is -0.113. The lowest BCUT2D eigenvalue weighted by atomic mass is 10.1. The Hall–Kier alpha value is -2.64. The molecular formula is C21H21N3O2S2. The number of rotatable bonds is 6. The van der Waals surface area contributed by atoms with Gasteiger partial charge in [0.05, 0.1) is 11.4 Å². The third-order valence-corrected chi connectivity index (χ3v) is 6.00. The summed E-state index contributed by atoms with van der Waals surface area (Å²) in [5, 5.41) is 4.85. The van der Waals surface area contributed by atoms with Crippen molar-refractivity contribution in [1.82, 2.24) is 9.88 Å². The maximum Gasteiger partial charge on any atom is 0.253 e. The Morgan fingerprint density at radius 3 is 2.39 bits per heavy atom. The number of carbonyl (C=O) groups excluding carboxylic acids is 2. The van der Waals surface area contributed by atoms with Crippen LogP contribution in [0.15, 0.2) is 58.3 Å². The molecule has 0 aliphatic heterocycles. The Morgan fingerprint density at radius 2 is 1.75 bits per heavy atom. The van der Waals surface area contributed by atoms with E-state index in [1.54, 1.807) is 38.4 Å². The van der Waals surface area contributed by atoms with Crippen molar-refractivity contribution in [1.29, 1.82) is 0 Å². The van der Waals surface area contributed by atoms with Crippen LogP contribution in [0.25, 0.3) is 11.3 Å². The molecule has 0 radical (unpaired) electrons. The molecule has 0 aliphatic carbocycles. The number of hydrogen-bond acceptors (Lipinski definition) is 5. The number of aromatic nitrogens is 1. The Bertz CT molecular complexity index is 964. The second kappa shape index (κ2) is 9.03. The van der Waals surface area contributed by atoms with Crippen molar-refractivity contribution in [3.63, 3.8) is 0 Å². The molecule has 3 aromatic rings. The van der Waals surface area contributed by atoms with Gasteiger partial charge in [0.1, 0.15) is 0 Å². The zero-order valence-corrected chi connectivity index (χ0v) is 17.6. The summed E-state index contributed by atoms with van der Waals surface area (Å²) in [6, 6.07) is 15.1. The van der Waals surface area contributed by atoms with E-state index >= 15 is 0 Å². The van der Waals surface area contributed by atoms with Crippen LogP contribution in [0.5, 0.6) is 0 Å². The van der Waals surface area contributed by atoms with E-state index in [1.165, 1.54) is 33.6 Å². The minimum atomic E-state index is -0.108.